The second-order valence-corrected chi connectivity index (χ2v) is 13.2. The van der Waals surface area contributed by atoms with Gasteiger partial charge in [-0.2, -0.15) is 0 Å². The van der Waals surface area contributed by atoms with Crippen molar-refractivity contribution in [3.05, 3.63) is 132 Å². The van der Waals surface area contributed by atoms with Gasteiger partial charge in [-0.1, -0.05) is 48.5 Å². The van der Waals surface area contributed by atoms with Crippen LogP contribution in [0.1, 0.15) is 0 Å². The standard InChI is InChI=1S/C40H22O2S2/c1-3-37(43-17-1)27-9-11-29-25(19-27)7-15-33-31-13-5-23(21-35(31)41-39(29)33)24-6-14-32-34-16-8-26-20-28(38-4-2-18-44-38)10-12-30(26)40(34)42-36(32)22-24/h1-22H. The third-order valence-corrected chi connectivity index (χ3v) is 10.7. The molecule has 2 nitrogen and oxygen atoms in total. The number of benzene rings is 6. The van der Waals surface area contributed by atoms with E-state index in [1.54, 1.807) is 22.7 Å². The van der Waals surface area contributed by atoms with Crippen molar-refractivity contribution in [1.82, 2.24) is 0 Å². The van der Waals surface area contributed by atoms with Crippen LogP contribution in [0.3, 0.4) is 0 Å². The molecule has 4 aromatic heterocycles. The van der Waals surface area contributed by atoms with E-state index in [4.69, 9.17) is 8.83 Å². The maximum atomic E-state index is 6.56. The van der Waals surface area contributed by atoms with Crippen molar-refractivity contribution in [2.75, 3.05) is 0 Å². The van der Waals surface area contributed by atoms with Crippen LogP contribution in [0.2, 0.25) is 0 Å². The summed E-state index contributed by atoms with van der Waals surface area (Å²) < 4.78 is 13.1. The number of thiophene rings is 2. The predicted octanol–water partition coefficient (Wildman–Crippen LogP) is 12.9. The Bertz CT molecular complexity index is 2520. The molecule has 0 aliphatic carbocycles. The van der Waals surface area contributed by atoms with Gasteiger partial charge in [-0.25, -0.2) is 0 Å². The molecule has 0 saturated heterocycles. The molecule has 4 heterocycles. The lowest BCUT2D eigenvalue weighted by Crippen LogP contribution is -1.78. The lowest BCUT2D eigenvalue weighted by Gasteiger charge is -2.02. The first-order valence-corrected chi connectivity index (χ1v) is 16.4. The molecule has 0 bridgehead atoms. The molecule has 0 aliphatic heterocycles. The molecule has 0 unspecified atom stereocenters. The number of furan rings is 2. The highest BCUT2D eigenvalue weighted by atomic mass is 32.1. The minimum Gasteiger partial charge on any atom is -0.455 e. The van der Waals surface area contributed by atoms with Crippen molar-refractivity contribution < 1.29 is 8.83 Å². The van der Waals surface area contributed by atoms with Crippen molar-refractivity contribution in [3.8, 4) is 32.0 Å². The fourth-order valence-corrected chi connectivity index (χ4v) is 8.12. The Hall–Kier alpha value is -5.16. The van der Waals surface area contributed by atoms with Gasteiger partial charge >= 0.3 is 0 Å². The smallest absolute Gasteiger partial charge is 0.143 e. The van der Waals surface area contributed by atoms with E-state index >= 15 is 0 Å². The maximum absolute atomic E-state index is 6.56. The van der Waals surface area contributed by atoms with Crippen LogP contribution in [0.25, 0.3) is 97.4 Å². The van der Waals surface area contributed by atoms with E-state index in [2.05, 4.69) is 132 Å². The topological polar surface area (TPSA) is 26.3 Å². The molecule has 6 aromatic carbocycles. The molecule has 0 fully saturated rings. The summed E-state index contributed by atoms with van der Waals surface area (Å²) >= 11 is 3.53. The predicted molar refractivity (Wildman–Crippen MR) is 188 cm³/mol. The zero-order chi connectivity index (χ0) is 28.8. The van der Waals surface area contributed by atoms with Crippen LogP contribution >= 0.6 is 22.7 Å². The maximum Gasteiger partial charge on any atom is 0.143 e. The zero-order valence-electron chi connectivity index (χ0n) is 23.3. The Morgan fingerprint density at radius 1 is 0.364 bits per heavy atom. The summed E-state index contributed by atoms with van der Waals surface area (Å²) in [6.07, 6.45) is 0. The van der Waals surface area contributed by atoms with Crippen molar-refractivity contribution in [2.45, 2.75) is 0 Å². The summed E-state index contributed by atoms with van der Waals surface area (Å²) in [5.74, 6) is 0. The van der Waals surface area contributed by atoms with Gasteiger partial charge in [0.2, 0.25) is 0 Å². The van der Waals surface area contributed by atoms with Gasteiger partial charge in [0.05, 0.1) is 0 Å². The Morgan fingerprint density at radius 3 is 1.25 bits per heavy atom. The van der Waals surface area contributed by atoms with Gasteiger partial charge in [-0.3, -0.25) is 0 Å². The first kappa shape index (κ1) is 24.3. The second-order valence-electron chi connectivity index (χ2n) is 11.3. The van der Waals surface area contributed by atoms with Crippen molar-refractivity contribution in [3.63, 3.8) is 0 Å². The van der Waals surface area contributed by atoms with E-state index in [0.29, 0.717) is 0 Å². The fraction of sp³-hybridized carbons (Fsp3) is 0. The van der Waals surface area contributed by atoms with Crippen LogP contribution < -0.4 is 0 Å². The molecule has 0 amide bonds. The van der Waals surface area contributed by atoms with E-state index < -0.39 is 0 Å². The van der Waals surface area contributed by atoms with Crippen LogP contribution in [0.5, 0.6) is 0 Å². The van der Waals surface area contributed by atoms with Crippen LogP contribution in [0.4, 0.5) is 0 Å². The van der Waals surface area contributed by atoms with E-state index in [0.717, 1.165) is 65.8 Å². The van der Waals surface area contributed by atoms with Crippen molar-refractivity contribution >= 4 is 88.1 Å². The molecular weight excluding hydrogens is 577 g/mol. The largest absolute Gasteiger partial charge is 0.455 e. The number of rotatable bonds is 3. The Labute approximate surface area is 260 Å². The molecular formula is C40H22O2S2. The Morgan fingerprint density at radius 2 is 0.795 bits per heavy atom. The molecule has 0 N–H and O–H groups in total. The van der Waals surface area contributed by atoms with Gasteiger partial charge in [0.1, 0.15) is 22.3 Å². The van der Waals surface area contributed by atoms with Crippen LogP contribution in [0, 0.1) is 0 Å². The zero-order valence-corrected chi connectivity index (χ0v) is 25.0. The van der Waals surface area contributed by atoms with Gasteiger partial charge in [-0.05, 0) is 117 Å². The molecule has 0 aliphatic rings. The molecule has 0 atom stereocenters. The third-order valence-electron chi connectivity index (χ3n) is 8.85. The summed E-state index contributed by atoms with van der Waals surface area (Å²) in [5, 5.41) is 13.4. The first-order valence-electron chi connectivity index (χ1n) is 14.6. The molecule has 4 heteroatoms. The SMILES string of the molecule is c1csc(-c2ccc3c(ccc4c5ccc(-c6ccc7c(c6)oc6c8ccc(-c9cccs9)cc8ccc76)cc5oc34)c2)c1. The summed E-state index contributed by atoms with van der Waals surface area (Å²) in [6.45, 7) is 0. The highest BCUT2D eigenvalue weighted by molar-refractivity contribution is 7.13. The molecule has 206 valence electrons. The third kappa shape index (κ3) is 3.59. The van der Waals surface area contributed by atoms with E-state index in [-0.39, 0.29) is 0 Å². The average Bonchev–Trinajstić information content (AvgIpc) is 3.89. The minimum absolute atomic E-state index is 0.893. The highest BCUT2D eigenvalue weighted by Gasteiger charge is 2.15. The Balaban J connectivity index is 1.07. The summed E-state index contributed by atoms with van der Waals surface area (Å²) in [5.41, 5.74) is 8.35. The molecule has 44 heavy (non-hydrogen) atoms. The average molecular weight is 599 g/mol. The van der Waals surface area contributed by atoms with Crippen molar-refractivity contribution in [2.24, 2.45) is 0 Å². The minimum atomic E-state index is 0.893. The van der Waals surface area contributed by atoms with E-state index in [1.807, 2.05) is 0 Å². The summed E-state index contributed by atoms with van der Waals surface area (Å²) in [4.78, 5) is 2.55. The molecule has 10 rings (SSSR count). The first-order chi connectivity index (χ1) is 21.8. The van der Waals surface area contributed by atoms with Crippen molar-refractivity contribution in [1.29, 1.82) is 0 Å². The summed E-state index contributed by atoms with van der Waals surface area (Å²) in [6, 6.07) is 43.7. The highest BCUT2D eigenvalue weighted by Crippen LogP contribution is 2.40. The van der Waals surface area contributed by atoms with E-state index in [1.165, 1.54) is 31.7 Å². The fourth-order valence-electron chi connectivity index (χ4n) is 6.68. The van der Waals surface area contributed by atoms with Gasteiger partial charge in [-0.15, -0.1) is 22.7 Å². The molecule has 0 saturated carbocycles. The van der Waals surface area contributed by atoms with Gasteiger partial charge in [0.25, 0.3) is 0 Å². The second kappa shape index (κ2) is 9.17. The number of hydrogen-bond donors (Lipinski definition) is 0. The molecule has 10 aromatic rings. The number of fused-ring (bicyclic) bond motifs is 10. The monoisotopic (exact) mass is 598 g/mol. The summed E-state index contributed by atoms with van der Waals surface area (Å²) in [7, 11) is 0. The van der Waals surface area contributed by atoms with Crippen LogP contribution in [0.15, 0.2) is 141 Å². The van der Waals surface area contributed by atoms with Crippen LogP contribution in [-0.4, -0.2) is 0 Å². The molecule has 0 spiro atoms. The van der Waals surface area contributed by atoms with Gasteiger partial charge < -0.3 is 8.83 Å². The van der Waals surface area contributed by atoms with Crippen LogP contribution in [-0.2, 0) is 0 Å². The normalized spacial score (nSPS) is 12.1. The lowest BCUT2D eigenvalue weighted by atomic mass is 10.00. The Kier molecular flexibility index (Phi) is 5.06. The van der Waals surface area contributed by atoms with Gasteiger partial charge in [0, 0.05) is 42.1 Å². The molecule has 0 radical (unpaired) electrons. The van der Waals surface area contributed by atoms with E-state index in [9.17, 15) is 0 Å². The number of hydrogen-bond acceptors (Lipinski definition) is 4. The quantitative estimate of drug-likeness (QED) is 0.202. The van der Waals surface area contributed by atoms with Gasteiger partial charge in [0.15, 0.2) is 0 Å². The lowest BCUT2D eigenvalue weighted by molar-refractivity contribution is 0.672.